The van der Waals surface area contributed by atoms with Gasteiger partial charge in [0.1, 0.15) is 5.58 Å². The molecule has 0 bridgehead atoms. The van der Waals surface area contributed by atoms with Gasteiger partial charge in [-0.15, -0.1) is 0 Å². The van der Waals surface area contributed by atoms with E-state index in [2.05, 4.69) is 27.7 Å². The molecule has 0 N–H and O–H groups in total. The van der Waals surface area contributed by atoms with Crippen LogP contribution in [0.15, 0.2) is 64.0 Å². The molecule has 0 spiro atoms. The number of amides is 2. The zero-order chi connectivity index (χ0) is 28.6. The van der Waals surface area contributed by atoms with Crippen LogP contribution < -0.4 is 5.43 Å². The lowest BCUT2D eigenvalue weighted by atomic mass is 9.84. The smallest absolute Gasteiger partial charge is 0.242 e. The lowest BCUT2D eigenvalue weighted by Crippen LogP contribution is -2.44. The standard InChI is InChI=1S/C32H42N2O5/c1-23-12-13-28-27(16-23)31(37)26(22-39-28)20-34(19-25-10-8-7-9-11-25)30(36)21-33(14-15-38-6)29(35)17-24(2)18-32(3,4)5/h7-13,16,22,24H,14-15,17-21H2,1-6H3. The Hall–Kier alpha value is -3.45. The van der Waals surface area contributed by atoms with Gasteiger partial charge in [-0.05, 0) is 42.4 Å². The first kappa shape index (κ1) is 30.1. The van der Waals surface area contributed by atoms with Crippen molar-refractivity contribution in [2.24, 2.45) is 11.3 Å². The zero-order valence-electron chi connectivity index (χ0n) is 24.2. The van der Waals surface area contributed by atoms with Crippen molar-refractivity contribution in [1.29, 1.82) is 0 Å². The van der Waals surface area contributed by atoms with Gasteiger partial charge in [0.05, 0.1) is 36.9 Å². The molecule has 7 nitrogen and oxygen atoms in total. The van der Waals surface area contributed by atoms with Crippen LogP contribution in [0.2, 0.25) is 0 Å². The summed E-state index contributed by atoms with van der Waals surface area (Å²) in [6, 6.07) is 15.1. The van der Waals surface area contributed by atoms with Crippen LogP contribution >= 0.6 is 0 Å². The van der Waals surface area contributed by atoms with Crippen LogP contribution in [-0.4, -0.2) is 48.4 Å². The third kappa shape index (κ3) is 9.06. The number of hydrogen-bond donors (Lipinski definition) is 0. The summed E-state index contributed by atoms with van der Waals surface area (Å²) in [5, 5.41) is 0.490. The minimum absolute atomic E-state index is 0.0718. The number of rotatable bonds is 12. The van der Waals surface area contributed by atoms with Gasteiger partial charge in [-0.2, -0.15) is 0 Å². The second-order valence-electron chi connectivity index (χ2n) is 11.7. The Labute approximate surface area is 231 Å². The van der Waals surface area contributed by atoms with Crippen molar-refractivity contribution in [3.8, 4) is 0 Å². The van der Waals surface area contributed by atoms with Gasteiger partial charge in [0.15, 0.2) is 5.43 Å². The van der Waals surface area contributed by atoms with Gasteiger partial charge < -0.3 is 19.0 Å². The Balaban J connectivity index is 1.85. The molecule has 0 saturated heterocycles. The number of hydrogen-bond acceptors (Lipinski definition) is 5. The fraction of sp³-hybridized carbons (Fsp3) is 0.469. The molecule has 0 saturated carbocycles. The topological polar surface area (TPSA) is 80.1 Å². The lowest BCUT2D eigenvalue weighted by Gasteiger charge is -2.29. The number of nitrogens with zero attached hydrogens (tertiary/aromatic N) is 2. The molecule has 0 aliphatic carbocycles. The lowest BCUT2D eigenvalue weighted by molar-refractivity contribution is -0.142. The van der Waals surface area contributed by atoms with E-state index in [1.54, 1.807) is 29.0 Å². The van der Waals surface area contributed by atoms with Crippen molar-refractivity contribution in [2.45, 2.75) is 60.5 Å². The van der Waals surface area contributed by atoms with Gasteiger partial charge in [0.2, 0.25) is 11.8 Å². The van der Waals surface area contributed by atoms with E-state index >= 15 is 0 Å². The fourth-order valence-electron chi connectivity index (χ4n) is 4.94. The van der Waals surface area contributed by atoms with Gasteiger partial charge in [-0.3, -0.25) is 14.4 Å². The number of ether oxygens (including phenoxy) is 1. The summed E-state index contributed by atoms with van der Waals surface area (Å²) in [5.41, 5.74) is 2.74. The molecule has 7 heteroatoms. The minimum Gasteiger partial charge on any atom is -0.464 e. The monoisotopic (exact) mass is 534 g/mol. The number of fused-ring (bicyclic) bond motifs is 1. The van der Waals surface area contributed by atoms with Crippen molar-refractivity contribution in [2.75, 3.05) is 26.8 Å². The second kappa shape index (κ2) is 13.6. The fourth-order valence-corrected chi connectivity index (χ4v) is 4.94. The van der Waals surface area contributed by atoms with E-state index in [1.807, 2.05) is 43.3 Å². The van der Waals surface area contributed by atoms with Gasteiger partial charge in [0.25, 0.3) is 0 Å². The average molecular weight is 535 g/mol. The van der Waals surface area contributed by atoms with Crippen molar-refractivity contribution < 1.29 is 18.7 Å². The number of carbonyl (C=O) groups excluding carboxylic acids is 2. The summed E-state index contributed by atoms with van der Waals surface area (Å²) in [7, 11) is 1.58. The summed E-state index contributed by atoms with van der Waals surface area (Å²) in [6.45, 7) is 11.4. The van der Waals surface area contributed by atoms with E-state index in [9.17, 15) is 14.4 Å². The SMILES string of the molecule is COCCN(CC(=O)N(Cc1ccccc1)Cc1coc2ccc(C)cc2c1=O)C(=O)CC(C)CC(C)(C)C. The molecule has 3 aromatic rings. The molecule has 0 fully saturated rings. The van der Waals surface area contributed by atoms with Crippen molar-refractivity contribution in [3.05, 3.63) is 81.7 Å². The average Bonchev–Trinajstić information content (AvgIpc) is 2.87. The number of methoxy groups -OCH3 is 1. The van der Waals surface area contributed by atoms with Gasteiger partial charge >= 0.3 is 0 Å². The normalized spacial score (nSPS) is 12.4. The minimum atomic E-state index is -0.240. The predicted molar refractivity (Wildman–Crippen MR) is 154 cm³/mol. The molecule has 210 valence electrons. The van der Waals surface area contributed by atoms with Crippen LogP contribution in [0.5, 0.6) is 0 Å². The first-order valence-electron chi connectivity index (χ1n) is 13.6. The molecule has 2 aromatic carbocycles. The quantitative estimate of drug-likeness (QED) is 0.304. The Bertz CT molecular complexity index is 1310. The third-order valence-electron chi connectivity index (χ3n) is 6.66. The summed E-state index contributed by atoms with van der Waals surface area (Å²) >= 11 is 0. The molecular formula is C32H42N2O5. The van der Waals surface area contributed by atoms with Gasteiger partial charge in [-0.25, -0.2) is 0 Å². The Morgan fingerprint density at radius 1 is 1.00 bits per heavy atom. The second-order valence-corrected chi connectivity index (χ2v) is 11.7. The molecule has 3 rings (SSSR count). The largest absolute Gasteiger partial charge is 0.464 e. The van der Waals surface area contributed by atoms with Crippen LogP contribution in [0.25, 0.3) is 11.0 Å². The van der Waals surface area contributed by atoms with E-state index in [4.69, 9.17) is 9.15 Å². The van der Waals surface area contributed by atoms with Crippen molar-refractivity contribution in [1.82, 2.24) is 9.80 Å². The molecule has 1 atom stereocenters. The number of carbonyl (C=O) groups is 2. The molecule has 0 radical (unpaired) electrons. The number of benzene rings is 2. The molecule has 1 heterocycles. The first-order valence-corrected chi connectivity index (χ1v) is 13.6. The molecular weight excluding hydrogens is 492 g/mol. The molecule has 0 aliphatic heterocycles. The van der Waals surface area contributed by atoms with Crippen LogP contribution in [-0.2, 0) is 27.4 Å². The first-order chi connectivity index (χ1) is 18.5. The molecule has 39 heavy (non-hydrogen) atoms. The molecule has 0 aliphatic rings. The Morgan fingerprint density at radius 3 is 2.38 bits per heavy atom. The highest BCUT2D eigenvalue weighted by molar-refractivity contribution is 5.85. The van der Waals surface area contributed by atoms with Crippen LogP contribution in [0, 0.1) is 18.3 Å². The zero-order valence-corrected chi connectivity index (χ0v) is 24.2. The Kier molecular flexibility index (Phi) is 10.5. The van der Waals surface area contributed by atoms with Gasteiger partial charge in [-0.1, -0.05) is 69.7 Å². The summed E-state index contributed by atoms with van der Waals surface area (Å²) in [4.78, 5) is 43.5. The third-order valence-corrected chi connectivity index (χ3v) is 6.66. The van der Waals surface area contributed by atoms with E-state index < -0.39 is 0 Å². The highest BCUT2D eigenvalue weighted by Crippen LogP contribution is 2.26. The predicted octanol–water partition coefficient (Wildman–Crippen LogP) is 5.57. The van der Waals surface area contributed by atoms with Crippen LogP contribution in [0.1, 0.15) is 57.2 Å². The number of aryl methyl sites for hydroxylation is 1. The van der Waals surface area contributed by atoms with Crippen molar-refractivity contribution in [3.63, 3.8) is 0 Å². The highest BCUT2D eigenvalue weighted by Gasteiger charge is 2.25. The van der Waals surface area contributed by atoms with E-state index in [0.717, 1.165) is 17.5 Å². The summed E-state index contributed by atoms with van der Waals surface area (Å²) in [6.07, 6.45) is 2.70. The molecule has 1 unspecified atom stereocenters. The maximum Gasteiger partial charge on any atom is 0.242 e. The Morgan fingerprint density at radius 2 is 1.72 bits per heavy atom. The summed E-state index contributed by atoms with van der Waals surface area (Å²) < 4.78 is 11.0. The maximum atomic E-state index is 13.7. The van der Waals surface area contributed by atoms with E-state index in [-0.39, 0.29) is 41.7 Å². The van der Waals surface area contributed by atoms with E-state index in [1.165, 1.54) is 6.26 Å². The molecule has 2 amide bonds. The maximum absolute atomic E-state index is 13.7. The molecule has 1 aromatic heterocycles. The van der Waals surface area contributed by atoms with Crippen molar-refractivity contribution >= 4 is 22.8 Å². The highest BCUT2D eigenvalue weighted by atomic mass is 16.5. The van der Waals surface area contributed by atoms with Crippen LogP contribution in [0.3, 0.4) is 0 Å². The van der Waals surface area contributed by atoms with E-state index in [0.29, 0.717) is 42.6 Å². The summed E-state index contributed by atoms with van der Waals surface area (Å²) in [5.74, 6) is -0.128. The van der Waals surface area contributed by atoms with Gasteiger partial charge in [0, 0.05) is 26.6 Å². The van der Waals surface area contributed by atoms with Crippen LogP contribution in [0.4, 0.5) is 0 Å².